The van der Waals surface area contributed by atoms with Crippen molar-refractivity contribution in [3.05, 3.63) is 40.2 Å². The number of rotatable bonds is 13. The van der Waals surface area contributed by atoms with Crippen LogP contribution in [0.25, 0.3) is 0 Å². The van der Waals surface area contributed by atoms with Crippen LogP contribution in [0, 0.1) is 56.2 Å². The number of aromatic nitrogens is 1. The molecule has 5 aliphatic rings. The van der Waals surface area contributed by atoms with Crippen molar-refractivity contribution in [2.24, 2.45) is 56.2 Å². The Kier molecular flexibility index (Phi) is 12.4. The Labute approximate surface area is 354 Å². The lowest BCUT2D eigenvalue weighted by Crippen LogP contribution is -2.66. The van der Waals surface area contributed by atoms with Crippen LogP contribution in [0.2, 0.25) is 5.02 Å². The van der Waals surface area contributed by atoms with Crippen LogP contribution in [0.3, 0.4) is 0 Å². The number of carbonyl (C=O) groups is 3. The number of likely N-dealkylation sites (N-methyl/N-ethyl adjacent to an activating group) is 1. The number of fused-ring (bicyclic) bond motifs is 7. The van der Waals surface area contributed by atoms with E-state index in [1.54, 1.807) is 20.0 Å². The van der Waals surface area contributed by atoms with E-state index in [2.05, 4.69) is 84.3 Å². The zero-order chi connectivity index (χ0) is 43.0. The molecule has 9 nitrogen and oxygen atoms in total. The summed E-state index contributed by atoms with van der Waals surface area (Å²) in [6, 6.07) is 3.81. The fraction of sp³-hybridized carbons (Fsp3) is 0.792. The molecule has 0 radical (unpaired) electrons. The lowest BCUT2D eigenvalue weighted by Gasteiger charge is -2.72. The zero-order valence-electron chi connectivity index (χ0n) is 37.7. The Morgan fingerprint density at radius 1 is 0.948 bits per heavy atom. The average Bonchev–Trinajstić information content (AvgIpc) is 3.44. The van der Waals surface area contributed by atoms with Crippen LogP contribution in [-0.4, -0.2) is 88.7 Å². The molecule has 0 aromatic carbocycles. The fourth-order valence-electron chi connectivity index (χ4n) is 13.9. The standard InChI is InChI=1S/C48H74ClN3O6/c1-29(2)40-34(53)25-48(37(54)28-52(24-23-51(11)12)30(3)33-15-13-31(49)27-50-33)22-21-46(9)32(41(40)48)14-16-36-45(8)19-18-38(58-39(55)26-43(4,5)42(56)57)44(6,7)35(45)17-20-47(36,46)10/h13,15,27,29-30,32,35-38,54H,14,16-26,28H2,1-12H3,(H,56,57)/t30-,32+,35-,36+,37?,38-,45-,46+,47+,48?/m0/s1. The highest BCUT2D eigenvalue weighted by Crippen LogP contribution is 2.77. The summed E-state index contributed by atoms with van der Waals surface area (Å²) in [7, 11) is 4.15. The first kappa shape index (κ1) is 45.2. The van der Waals surface area contributed by atoms with Crippen LogP contribution in [0.1, 0.15) is 145 Å². The van der Waals surface area contributed by atoms with E-state index in [1.165, 1.54) is 5.57 Å². The van der Waals surface area contributed by atoms with Gasteiger partial charge in [0.2, 0.25) is 0 Å². The number of esters is 1. The van der Waals surface area contributed by atoms with Crippen LogP contribution in [0.5, 0.6) is 0 Å². The van der Waals surface area contributed by atoms with Gasteiger partial charge in [-0.15, -0.1) is 0 Å². The Morgan fingerprint density at radius 3 is 2.24 bits per heavy atom. The molecule has 324 valence electrons. The summed E-state index contributed by atoms with van der Waals surface area (Å²) in [6.07, 6.45) is 8.66. The van der Waals surface area contributed by atoms with Crippen LogP contribution < -0.4 is 0 Å². The van der Waals surface area contributed by atoms with Gasteiger partial charge in [-0.3, -0.25) is 24.3 Å². The molecule has 10 atom stereocenters. The predicted molar refractivity (Wildman–Crippen MR) is 229 cm³/mol. The summed E-state index contributed by atoms with van der Waals surface area (Å²) < 4.78 is 6.20. The normalized spacial score (nSPS) is 35.6. The molecular formula is C48H74ClN3O6. The number of nitrogens with zero attached hydrogens (tertiary/aromatic N) is 3. The maximum absolute atomic E-state index is 14.4. The number of hydrogen-bond donors (Lipinski definition) is 2. The van der Waals surface area contributed by atoms with Crippen molar-refractivity contribution in [3.63, 3.8) is 0 Å². The van der Waals surface area contributed by atoms with Crippen LogP contribution in [0.15, 0.2) is 29.5 Å². The molecule has 6 rings (SSSR count). The zero-order valence-corrected chi connectivity index (χ0v) is 38.5. The molecule has 0 bridgehead atoms. The molecular weight excluding hydrogens is 750 g/mol. The van der Waals surface area contributed by atoms with Crippen molar-refractivity contribution < 1.29 is 29.3 Å². The van der Waals surface area contributed by atoms with Gasteiger partial charge in [-0.2, -0.15) is 0 Å². The van der Waals surface area contributed by atoms with Crippen LogP contribution in [-0.2, 0) is 19.1 Å². The van der Waals surface area contributed by atoms with E-state index in [0.717, 1.165) is 75.7 Å². The first-order valence-corrected chi connectivity index (χ1v) is 22.6. The molecule has 1 aromatic heterocycles. The smallest absolute Gasteiger partial charge is 0.309 e. The number of carbonyl (C=O) groups excluding carboxylic acids is 2. The molecule has 1 aromatic rings. The van der Waals surface area contributed by atoms with E-state index in [-0.39, 0.29) is 57.8 Å². The van der Waals surface area contributed by atoms with Gasteiger partial charge in [0.25, 0.3) is 0 Å². The second-order valence-corrected chi connectivity index (χ2v) is 22.4. The number of halogens is 1. The number of aliphatic hydroxyl groups is 1. The third-order valence-electron chi connectivity index (χ3n) is 17.5. The number of aliphatic carboxylic acids is 1. The molecule has 1 heterocycles. The van der Waals surface area contributed by atoms with Crippen molar-refractivity contribution in [3.8, 4) is 0 Å². The van der Waals surface area contributed by atoms with E-state index < -0.39 is 28.9 Å². The van der Waals surface area contributed by atoms with Crippen molar-refractivity contribution in [1.29, 1.82) is 0 Å². The lowest BCUT2D eigenvalue weighted by atomic mass is 9.33. The van der Waals surface area contributed by atoms with Crippen molar-refractivity contribution in [1.82, 2.24) is 14.8 Å². The number of aliphatic hydroxyl groups excluding tert-OH is 1. The maximum Gasteiger partial charge on any atom is 0.309 e. The summed E-state index contributed by atoms with van der Waals surface area (Å²) >= 11 is 6.23. The first-order chi connectivity index (χ1) is 26.9. The number of allylic oxidation sites excluding steroid dienone is 1. The Balaban J connectivity index is 1.30. The van der Waals surface area contributed by atoms with Crippen molar-refractivity contribution in [2.75, 3.05) is 33.7 Å². The highest BCUT2D eigenvalue weighted by atomic mass is 35.5. The van der Waals surface area contributed by atoms with E-state index in [1.807, 2.05) is 12.1 Å². The van der Waals surface area contributed by atoms with Gasteiger partial charge in [0.15, 0.2) is 5.78 Å². The summed E-state index contributed by atoms with van der Waals surface area (Å²) in [6.45, 7) is 23.9. The summed E-state index contributed by atoms with van der Waals surface area (Å²) in [5.41, 5.74) is 1.18. The molecule has 0 spiro atoms. The molecule has 0 aliphatic heterocycles. The average molecular weight is 825 g/mol. The molecule has 4 fully saturated rings. The van der Waals surface area contributed by atoms with E-state index in [0.29, 0.717) is 29.8 Å². The van der Waals surface area contributed by atoms with Crippen LogP contribution in [0.4, 0.5) is 0 Å². The second kappa shape index (κ2) is 15.9. The highest BCUT2D eigenvalue weighted by Gasteiger charge is 2.71. The molecule has 0 amide bonds. The summed E-state index contributed by atoms with van der Waals surface area (Å²) in [5.74, 6) is -0.0714. The van der Waals surface area contributed by atoms with E-state index >= 15 is 0 Å². The molecule has 58 heavy (non-hydrogen) atoms. The second-order valence-electron chi connectivity index (χ2n) is 21.9. The largest absolute Gasteiger partial charge is 0.481 e. The first-order valence-electron chi connectivity index (χ1n) is 22.2. The third kappa shape index (κ3) is 7.42. The quantitative estimate of drug-likeness (QED) is 0.188. The fourth-order valence-corrected chi connectivity index (χ4v) is 14.0. The minimum absolute atomic E-state index is 0.0244. The summed E-state index contributed by atoms with van der Waals surface area (Å²) in [5, 5.41) is 23.0. The number of hydrogen-bond acceptors (Lipinski definition) is 8. The number of pyridine rings is 1. The van der Waals surface area contributed by atoms with E-state index in [4.69, 9.17) is 16.3 Å². The molecule has 0 saturated heterocycles. The van der Waals surface area contributed by atoms with Gasteiger partial charge in [0, 0.05) is 49.1 Å². The van der Waals surface area contributed by atoms with Crippen molar-refractivity contribution >= 4 is 29.3 Å². The third-order valence-corrected chi connectivity index (χ3v) is 17.7. The van der Waals surface area contributed by atoms with Gasteiger partial charge >= 0.3 is 11.9 Å². The van der Waals surface area contributed by atoms with Gasteiger partial charge in [-0.05, 0) is 144 Å². The monoisotopic (exact) mass is 824 g/mol. The Bertz CT molecular complexity index is 1770. The number of carboxylic acids is 1. The lowest BCUT2D eigenvalue weighted by molar-refractivity contribution is -0.235. The SMILES string of the molecule is CC(C)C1=C2[C@H]3CC[C@@H]4[C@@]5(C)CC[C@H](OC(=O)CC(C)(C)C(=O)O)C(C)(C)[C@@H]5CC[C@@]4(C)[C@]3(C)CCC2(C(O)CN(CCN(C)C)[C@@H](C)c2ccc(Cl)cn2)CC1=O. The number of ketones is 1. The Hall–Kier alpha value is -2.33. The molecule has 10 heteroatoms. The Morgan fingerprint density at radius 2 is 1.64 bits per heavy atom. The molecule has 2 unspecified atom stereocenters. The van der Waals surface area contributed by atoms with Gasteiger partial charge in [-0.25, -0.2) is 0 Å². The minimum atomic E-state index is -1.17. The number of Topliss-reactive ketones (excluding diaryl/α,β-unsaturated/α-hetero) is 1. The minimum Gasteiger partial charge on any atom is -0.481 e. The number of ether oxygens (including phenoxy) is 1. The van der Waals surface area contributed by atoms with Gasteiger partial charge in [0.1, 0.15) is 6.10 Å². The van der Waals surface area contributed by atoms with Gasteiger partial charge in [0.05, 0.1) is 28.7 Å². The summed E-state index contributed by atoms with van der Waals surface area (Å²) in [4.78, 5) is 48.5. The van der Waals surface area contributed by atoms with Gasteiger partial charge < -0.3 is 19.8 Å². The highest BCUT2D eigenvalue weighted by molar-refractivity contribution is 6.30. The maximum atomic E-state index is 14.4. The molecule has 2 N–H and O–H groups in total. The predicted octanol–water partition coefficient (Wildman–Crippen LogP) is 9.41. The number of carboxylic acid groups (broad SMARTS) is 1. The molecule has 4 saturated carbocycles. The topological polar surface area (TPSA) is 120 Å². The van der Waals surface area contributed by atoms with Crippen molar-refractivity contribution in [2.45, 2.75) is 152 Å². The van der Waals surface area contributed by atoms with E-state index in [9.17, 15) is 24.6 Å². The van der Waals surface area contributed by atoms with Gasteiger partial charge in [-0.1, -0.05) is 65.6 Å². The van der Waals surface area contributed by atoms with Crippen LogP contribution >= 0.6 is 11.6 Å². The molecule has 5 aliphatic carbocycles.